The normalized spacial score (nSPS) is 13.0. The van der Waals surface area contributed by atoms with Crippen LogP contribution >= 0.6 is 0 Å². The van der Waals surface area contributed by atoms with Crippen LogP contribution < -0.4 is 5.32 Å². The fraction of sp³-hybridized carbons (Fsp3) is 0.600. The van der Waals surface area contributed by atoms with Gasteiger partial charge in [0.2, 0.25) is 0 Å². The number of nitrogens with one attached hydrogen (secondary N) is 1. The molecule has 0 heterocycles. The third-order valence-electron chi connectivity index (χ3n) is 3.20. The Hall–Kier alpha value is -0.900. The van der Waals surface area contributed by atoms with Crippen LogP contribution in [0.25, 0.3) is 0 Å². The van der Waals surface area contributed by atoms with Crippen molar-refractivity contribution in [2.45, 2.75) is 39.2 Å². The Bertz CT molecular complexity index is 364. The van der Waals surface area contributed by atoms with Crippen molar-refractivity contribution in [2.24, 2.45) is 0 Å². The van der Waals surface area contributed by atoms with Crippen LogP contribution in [-0.4, -0.2) is 36.0 Å². The fourth-order valence-corrected chi connectivity index (χ4v) is 1.88. The number of rotatable bonds is 7. The second-order valence-electron chi connectivity index (χ2n) is 5.13. The van der Waals surface area contributed by atoms with E-state index in [2.05, 4.69) is 44.3 Å². The Kier molecular flexibility index (Phi) is 6.33. The van der Waals surface area contributed by atoms with Crippen molar-refractivity contribution in [2.75, 3.05) is 19.7 Å². The zero-order chi connectivity index (χ0) is 13.5. The van der Waals surface area contributed by atoms with Crippen LogP contribution in [0.4, 0.5) is 0 Å². The Balaban J connectivity index is 2.48. The maximum atomic E-state index is 9.21. The van der Waals surface area contributed by atoms with E-state index in [1.807, 2.05) is 0 Å². The standard InChI is InChI=1S/C15H25NO2/c1-11(2)13-5-4-12(3)14(8-13)6-7-16-9-15(18)10-17/h4-5,8,11,15-18H,6-7,9-10H2,1-3H3. The number of aryl methyl sites for hydroxylation is 1. The largest absolute Gasteiger partial charge is 0.394 e. The number of benzene rings is 1. The first-order valence-electron chi connectivity index (χ1n) is 6.63. The molecule has 0 saturated carbocycles. The van der Waals surface area contributed by atoms with Crippen molar-refractivity contribution in [1.82, 2.24) is 5.32 Å². The lowest BCUT2D eigenvalue weighted by atomic mass is 9.96. The molecular weight excluding hydrogens is 226 g/mol. The maximum Gasteiger partial charge on any atom is 0.0894 e. The van der Waals surface area contributed by atoms with E-state index in [9.17, 15) is 5.11 Å². The molecule has 18 heavy (non-hydrogen) atoms. The first kappa shape index (κ1) is 15.2. The van der Waals surface area contributed by atoms with Gasteiger partial charge in [0.25, 0.3) is 0 Å². The van der Waals surface area contributed by atoms with Crippen LogP contribution in [0, 0.1) is 6.92 Å². The van der Waals surface area contributed by atoms with E-state index in [0.29, 0.717) is 12.5 Å². The van der Waals surface area contributed by atoms with E-state index in [1.165, 1.54) is 16.7 Å². The van der Waals surface area contributed by atoms with Crippen molar-refractivity contribution in [1.29, 1.82) is 0 Å². The molecule has 0 spiro atoms. The Morgan fingerprint density at radius 1 is 1.28 bits per heavy atom. The van der Waals surface area contributed by atoms with Crippen molar-refractivity contribution in [3.05, 3.63) is 34.9 Å². The van der Waals surface area contributed by atoms with E-state index in [-0.39, 0.29) is 6.61 Å². The molecule has 3 nitrogen and oxygen atoms in total. The third kappa shape index (κ3) is 4.77. The maximum absolute atomic E-state index is 9.21. The summed E-state index contributed by atoms with van der Waals surface area (Å²) >= 11 is 0. The van der Waals surface area contributed by atoms with Gasteiger partial charge in [-0.05, 0) is 42.5 Å². The van der Waals surface area contributed by atoms with Gasteiger partial charge >= 0.3 is 0 Å². The lowest BCUT2D eigenvalue weighted by Gasteiger charge is -2.13. The zero-order valence-electron chi connectivity index (χ0n) is 11.6. The minimum absolute atomic E-state index is 0.186. The molecule has 0 saturated heterocycles. The smallest absolute Gasteiger partial charge is 0.0894 e. The summed E-state index contributed by atoms with van der Waals surface area (Å²) in [7, 11) is 0. The van der Waals surface area contributed by atoms with E-state index in [0.717, 1.165) is 13.0 Å². The summed E-state index contributed by atoms with van der Waals surface area (Å²) < 4.78 is 0. The predicted molar refractivity (Wildman–Crippen MR) is 74.9 cm³/mol. The number of hydrogen-bond donors (Lipinski definition) is 3. The minimum Gasteiger partial charge on any atom is -0.394 e. The molecule has 0 aliphatic carbocycles. The molecule has 0 aliphatic heterocycles. The predicted octanol–water partition coefficient (Wildman–Crippen LogP) is 1.60. The van der Waals surface area contributed by atoms with Crippen molar-refractivity contribution >= 4 is 0 Å². The molecule has 3 heteroatoms. The lowest BCUT2D eigenvalue weighted by molar-refractivity contribution is 0.0947. The van der Waals surface area contributed by atoms with Crippen LogP contribution in [0.3, 0.4) is 0 Å². The van der Waals surface area contributed by atoms with Crippen LogP contribution in [-0.2, 0) is 6.42 Å². The summed E-state index contributed by atoms with van der Waals surface area (Å²) in [5.74, 6) is 0.550. The first-order valence-corrected chi connectivity index (χ1v) is 6.63. The van der Waals surface area contributed by atoms with E-state index in [1.54, 1.807) is 0 Å². The fourth-order valence-electron chi connectivity index (χ4n) is 1.88. The van der Waals surface area contributed by atoms with Crippen LogP contribution in [0.1, 0.15) is 36.5 Å². The van der Waals surface area contributed by atoms with Gasteiger partial charge < -0.3 is 15.5 Å². The monoisotopic (exact) mass is 251 g/mol. The number of hydrogen-bond acceptors (Lipinski definition) is 3. The van der Waals surface area contributed by atoms with Gasteiger partial charge in [-0.25, -0.2) is 0 Å². The van der Waals surface area contributed by atoms with Gasteiger partial charge in [0.1, 0.15) is 0 Å². The van der Waals surface area contributed by atoms with Crippen molar-refractivity contribution in [3.63, 3.8) is 0 Å². The second-order valence-corrected chi connectivity index (χ2v) is 5.13. The molecule has 1 atom stereocenters. The molecule has 0 bridgehead atoms. The summed E-state index contributed by atoms with van der Waals surface area (Å²) in [4.78, 5) is 0. The van der Waals surface area contributed by atoms with Gasteiger partial charge in [0.05, 0.1) is 12.7 Å². The van der Waals surface area contributed by atoms with Crippen LogP contribution in [0.2, 0.25) is 0 Å². The molecule has 102 valence electrons. The highest BCUT2D eigenvalue weighted by molar-refractivity contribution is 5.32. The van der Waals surface area contributed by atoms with Gasteiger partial charge in [-0.15, -0.1) is 0 Å². The SMILES string of the molecule is Cc1ccc(C(C)C)cc1CCNCC(O)CO. The van der Waals surface area contributed by atoms with E-state index in [4.69, 9.17) is 5.11 Å². The summed E-state index contributed by atoms with van der Waals surface area (Å²) in [5, 5.41) is 21.1. The average molecular weight is 251 g/mol. The minimum atomic E-state index is -0.659. The average Bonchev–Trinajstić information content (AvgIpc) is 2.35. The highest BCUT2D eigenvalue weighted by Crippen LogP contribution is 2.18. The summed E-state index contributed by atoms with van der Waals surface area (Å²) in [5.41, 5.74) is 4.03. The van der Waals surface area contributed by atoms with Crippen molar-refractivity contribution < 1.29 is 10.2 Å². The van der Waals surface area contributed by atoms with E-state index >= 15 is 0 Å². The molecule has 3 N–H and O–H groups in total. The lowest BCUT2D eigenvalue weighted by Crippen LogP contribution is -2.30. The van der Waals surface area contributed by atoms with Gasteiger partial charge in [-0.2, -0.15) is 0 Å². The highest BCUT2D eigenvalue weighted by atomic mass is 16.3. The first-order chi connectivity index (χ1) is 8.54. The van der Waals surface area contributed by atoms with Gasteiger partial charge in [-0.3, -0.25) is 0 Å². The third-order valence-corrected chi connectivity index (χ3v) is 3.20. The van der Waals surface area contributed by atoms with Crippen molar-refractivity contribution in [3.8, 4) is 0 Å². The van der Waals surface area contributed by atoms with Gasteiger partial charge in [-0.1, -0.05) is 32.0 Å². The zero-order valence-corrected chi connectivity index (χ0v) is 11.6. The number of aliphatic hydroxyl groups is 2. The molecular formula is C15H25NO2. The molecule has 1 aromatic rings. The molecule has 1 rings (SSSR count). The molecule has 1 aromatic carbocycles. The molecule has 0 aromatic heterocycles. The van der Waals surface area contributed by atoms with Crippen LogP contribution in [0.15, 0.2) is 18.2 Å². The Morgan fingerprint density at radius 3 is 2.61 bits per heavy atom. The molecule has 0 fully saturated rings. The molecule has 0 aliphatic rings. The second kappa shape index (κ2) is 7.52. The Labute approximate surface area is 110 Å². The summed E-state index contributed by atoms with van der Waals surface area (Å²) in [6.07, 6.45) is 0.290. The van der Waals surface area contributed by atoms with Crippen LogP contribution in [0.5, 0.6) is 0 Å². The number of aliphatic hydroxyl groups excluding tert-OH is 2. The summed E-state index contributed by atoms with van der Waals surface area (Å²) in [6.45, 7) is 7.60. The highest BCUT2D eigenvalue weighted by Gasteiger charge is 2.04. The Morgan fingerprint density at radius 2 is 2.00 bits per heavy atom. The topological polar surface area (TPSA) is 52.5 Å². The summed E-state index contributed by atoms with van der Waals surface area (Å²) in [6, 6.07) is 6.63. The molecule has 1 unspecified atom stereocenters. The van der Waals surface area contributed by atoms with E-state index < -0.39 is 6.10 Å². The molecule has 0 amide bonds. The molecule has 0 radical (unpaired) electrons. The van der Waals surface area contributed by atoms with Gasteiger partial charge in [0, 0.05) is 6.54 Å². The van der Waals surface area contributed by atoms with Gasteiger partial charge in [0.15, 0.2) is 0 Å². The quantitative estimate of drug-likeness (QED) is 0.645.